The number of rotatable bonds is 8. The van der Waals surface area contributed by atoms with Gasteiger partial charge in [0.1, 0.15) is 23.9 Å². The maximum absolute atomic E-state index is 11.2. The summed E-state index contributed by atoms with van der Waals surface area (Å²) in [6.45, 7) is 10.6. The SMILES string of the molecule is CC(C)c1cc(C=O)c(O)cc1O.Cc1cc(OCc2ccccc2)c(C=O)cc1C(C)C.ClCc1ccccc1. The van der Waals surface area contributed by atoms with Crippen LogP contribution in [0.1, 0.15) is 88.1 Å². The van der Waals surface area contributed by atoms with Crippen LogP contribution in [0.5, 0.6) is 17.2 Å². The molecule has 0 saturated heterocycles. The van der Waals surface area contributed by atoms with Crippen molar-refractivity contribution in [3.05, 3.63) is 124 Å². The van der Waals surface area contributed by atoms with Gasteiger partial charge in [-0.3, -0.25) is 9.59 Å². The van der Waals surface area contributed by atoms with Crippen molar-refractivity contribution in [2.75, 3.05) is 0 Å². The van der Waals surface area contributed by atoms with Gasteiger partial charge >= 0.3 is 0 Å². The van der Waals surface area contributed by atoms with E-state index < -0.39 is 0 Å². The Morgan fingerprint density at radius 2 is 1.22 bits per heavy atom. The first-order valence-electron chi connectivity index (χ1n) is 13.5. The summed E-state index contributed by atoms with van der Waals surface area (Å²) in [7, 11) is 0. The van der Waals surface area contributed by atoms with Gasteiger partial charge in [-0.05, 0) is 64.8 Å². The van der Waals surface area contributed by atoms with E-state index in [1.54, 1.807) is 0 Å². The number of carbonyl (C=O) groups excluding carboxylic acids is 2. The monoisotopic (exact) mass is 574 g/mol. The highest BCUT2D eigenvalue weighted by atomic mass is 35.5. The molecule has 0 aromatic heterocycles. The fraction of sp³-hybridized carbons (Fsp3) is 0.257. The van der Waals surface area contributed by atoms with Gasteiger partial charge in [0.05, 0.1) is 11.1 Å². The first-order valence-corrected chi connectivity index (χ1v) is 14.0. The van der Waals surface area contributed by atoms with E-state index in [1.807, 2.05) is 86.6 Å². The van der Waals surface area contributed by atoms with E-state index in [-0.39, 0.29) is 23.0 Å². The number of hydrogen-bond acceptors (Lipinski definition) is 5. The zero-order chi connectivity index (χ0) is 30.4. The molecule has 0 unspecified atom stereocenters. The third kappa shape index (κ3) is 10.4. The first-order chi connectivity index (χ1) is 19.6. The summed E-state index contributed by atoms with van der Waals surface area (Å²) < 4.78 is 5.80. The molecule has 41 heavy (non-hydrogen) atoms. The maximum atomic E-state index is 11.2. The van der Waals surface area contributed by atoms with Crippen molar-refractivity contribution >= 4 is 24.2 Å². The van der Waals surface area contributed by atoms with Crippen molar-refractivity contribution in [2.24, 2.45) is 0 Å². The van der Waals surface area contributed by atoms with Crippen molar-refractivity contribution in [3.63, 3.8) is 0 Å². The number of halogens is 1. The van der Waals surface area contributed by atoms with Crippen LogP contribution < -0.4 is 4.74 Å². The Balaban J connectivity index is 0.000000239. The molecule has 0 atom stereocenters. The van der Waals surface area contributed by atoms with Gasteiger partial charge in [0.25, 0.3) is 0 Å². The maximum Gasteiger partial charge on any atom is 0.153 e. The molecule has 0 spiro atoms. The molecular weight excluding hydrogens is 536 g/mol. The molecule has 4 aromatic rings. The van der Waals surface area contributed by atoms with E-state index in [0.717, 1.165) is 17.4 Å². The van der Waals surface area contributed by atoms with E-state index in [9.17, 15) is 19.8 Å². The minimum absolute atomic E-state index is 0.0260. The van der Waals surface area contributed by atoms with Crippen LogP contribution in [0, 0.1) is 6.92 Å². The Bertz CT molecular complexity index is 1380. The Kier molecular flexibility index (Phi) is 13.6. The third-order valence-electron chi connectivity index (χ3n) is 6.31. The van der Waals surface area contributed by atoms with E-state index in [2.05, 4.69) is 20.8 Å². The van der Waals surface area contributed by atoms with Crippen LogP contribution in [0.4, 0.5) is 0 Å². The van der Waals surface area contributed by atoms with Gasteiger partial charge in [-0.1, -0.05) is 88.4 Å². The van der Waals surface area contributed by atoms with Gasteiger partial charge < -0.3 is 14.9 Å². The molecule has 4 aromatic carbocycles. The lowest BCUT2D eigenvalue weighted by molar-refractivity contribution is 0.111. The quantitative estimate of drug-likeness (QED) is 0.162. The normalized spacial score (nSPS) is 10.2. The zero-order valence-electron chi connectivity index (χ0n) is 24.3. The van der Waals surface area contributed by atoms with Crippen molar-refractivity contribution in [1.82, 2.24) is 0 Å². The number of phenolic OH excluding ortho intramolecular Hbond substituents is 2. The summed E-state index contributed by atoms with van der Waals surface area (Å²) in [6, 6.07) is 26.5. The molecule has 0 bridgehead atoms. The number of aryl methyl sites for hydroxylation is 1. The highest BCUT2D eigenvalue weighted by Crippen LogP contribution is 2.31. The van der Waals surface area contributed by atoms with Crippen LogP contribution in [0.2, 0.25) is 0 Å². The van der Waals surface area contributed by atoms with Gasteiger partial charge in [-0.2, -0.15) is 0 Å². The smallest absolute Gasteiger partial charge is 0.153 e. The molecule has 0 radical (unpaired) electrons. The molecule has 0 aliphatic rings. The van der Waals surface area contributed by atoms with Crippen molar-refractivity contribution in [3.8, 4) is 17.2 Å². The molecule has 0 aliphatic carbocycles. The largest absolute Gasteiger partial charge is 0.508 e. The topological polar surface area (TPSA) is 83.8 Å². The number of ether oxygens (including phenoxy) is 1. The molecule has 0 fully saturated rings. The highest BCUT2D eigenvalue weighted by Gasteiger charge is 2.11. The predicted molar refractivity (Wildman–Crippen MR) is 167 cm³/mol. The number of aromatic hydroxyl groups is 2. The standard InChI is InChI=1S/C18H20O2.C10H12O3.C7H7Cl/c1-13(2)17-10-16(11-19)18(9-14(17)3)20-12-15-7-5-4-6-8-15;1-6(2)8-3-7(5-11)9(12)4-10(8)13;8-6-7-4-2-1-3-5-7/h4-11,13H,12H2,1-3H3;3-6,12-13H,1-2H3;1-5H,6H2. The Hall–Kier alpha value is -4.09. The summed E-state index contributed by atoms with van der Waals surface area (Å²) in [5, 5.41) is 18.6. The van der Waals surface area contributed by atoms with E-state index in [1.165, 1.54) is 23.3 Å². The lowest BCUT2D eigenvalue weighted by Crippen LogP contribution is -2.01. The summed E-state index contributed by atoms with van der Waals surface area (Å²) >= 11 is 5.53. The number of alkyl halides is 1. The second-order valence-corrected chi connectivity index (χ2v) is 10.4. The van der Waals surface area contributed by atoms with Crippen molar-refractivity contribution in [1.29, 1.82) is 0 Å². The Labute approximate surface area is 248 Å². The number of hydrogen-bond donors (Lipinski definition) is 2. The molecular formula is C35H39ClO5. The second-order valence-electron chi connectivity index (χ2n) is 10.2. The van der Waals surface area contributed by atoms with Crippen LogP contribution in [-0.2, 0) is 12.5 Å². The highest BCUT2D eigenvalue weighted by molar-refractivity contribution is 6.17. The van der Waals surface area contributed by atoms with E-state index in [4.69, 9.17) is 16.3 Å². The van der Waals surface area contributed by atoms with Gasteiger partial charge in [0.15, 0.2) is 12.6 Å². The van der Waals surface area contributed by atoms with Crippen LogP contribution in [0.15, 0.2) is 84.9 Å². The fourth-order valence-corrected chi connectivity index (χ4v) is 4.20. The second kappa shape index (κ2) is 16.9. The lowest BCUT2D eigenvalue weighted by atomic mass is 9.95. The third-order valence-corrected chi connectivity index (χ3v) is 6.62. The minimum Gasteiger partial charge on any atom is -0.508 e. The van der Waals surface area contributed by atoms with Gasteiger partial charge in [0, 0.05) is 11.9 Å². The molecule has 0 saturated carbocycles. The molecule has 5 nitrogen and oxygen atoms in total. The average Bonchev–Trinajstić information content (AvgIpc) is 2.97. The molecule has 2 N–H and O–H groups in total. The summed E-state index contributed by atoms with van der Waals surface area (Å²) in [6.07, 6.45) is 1.44. The van der Waals surface area contributed by atoms with Gasteiger partial charge in [0.2, 0.25) is 0 Å². The number of phenols is 2. The minimum atomic E-state index is -0.183. The van der Waals surface area contributed by atoms with Gasteiger partial charge in [-0.15, -0.1) is 11.6 Å². The fourth-order valence-electron chi connectivity index (χ4n) is 4.03. The van der Waals surface area contributed by atoms with Crippen molar-refractivity contribution in [2.45, 2.75) is 58.9 Å². The van der Waals surface area contributed by atoms with Crippen LogP contribution in [-0.4, -0.2) is 22.8 Å². The summed E-state index contributed by atoms with van der Waals surface area (Å²) in [5.41, 5.74) is 6.12. The molecule has 0 amide bonds. The first kappa shape index (κ1) is 33.1. The van der Waals surface area contributed by atoms with Crippen LogP contribution in [0.25, 0.3) is 0 Å². The molecule has 0 heterocycles. The van der Waals surface area contributed by atoms with E-state index >= 15 is 0 Å². The Morgan fingerprint density at radius 1 is 0.707 bits per heavy atom. The van der Waals surface area contributed by atoms with Crippen molar-refractivity contribution < 1.29 is 24.5 Å². The Morgan fingerprint density at radius 3 is 1.68 bits per heavy atom. The predicted octanol–water partition coefficient (Wildman–Crippen LogP) is 8.97. The number of benzene rings is 4. The molecule has 216 valence electrons. The van der Waals surface area contributed by atoms with Gasteiger partial charge in [-0.25, -0.2) is 0 Å². The van der Waals surface area contributed by atoms with E-state index in [0.29, 0.717) is 41.6 Å². The average molecular weight is 575 g/mol. The van der Waals surface area contributed by atoms with Crippen LogP contribution in [0.3, 0.4) is 0 Å². The van der Waals surface area contributed by atoms with Crippen LogP contribution >= 0.6 is 11.6 Å². The molecule has 0 aliphatic heterocycles. The number of aldehydes is 2. The molecule has 4 rings (SSSR count). The molecule has 6 heteroatoms. The summed E-state index contributed by atoms with van der Waals surface area (Å²) in [4.78, 5) is 21.7. The summed E-state index contributed by atoms with van der Waals surface area (Å²) in [5.74, 6) is 1.64. The lowest BCUT2D eigenvalue weighted by Gasteiger charge is -2.15. The number of carbonyl (C=O) groups is 2. The zero-order valence-corrected chi connectivity index (χ0v) is 25.1.